The second-order valence-corrected chi connectivity index (χ2v) is 8.50. The van der Waals surface area contributed by atoms with E-state index in [1.54, 1.807) is 37.3 Å². The maximum absolute atomic E-state index is 13.1. The van der Waals surface area contributed by atoms with Crippen LogP contribution in [0.4, 0.5) is 18.9 Å². The molecular formula is C19H20ClF3N2O3S. The van der Waals surface area contributed by atoms with Gasteiger partial charge < -0.3 is 4.84 Å². The molecule has 0 saturated heterocycles. The van der Waals surface area contributed by atoms with Crippen LogP contribution in [-0.4, -0.2) is 26.2 Å². The fourth-order valence-electron chi connectivity index (χ4n) is 2.59. The van der Waals surface area contributed by atoms with Gasteiger partial charge in [-0.2, -0.15) is 21.6 Å². The molecule has 0 unspecified atom stereocenters. The van der Waals surface area contributed by atoms with Gasteiger partial charge in [0.2, 0.25) is 0 Å². The molecule has 2 rings (SSSR count). The number of benzene rings is 2. The van der Waals surface area contributed by atoms with Crippen molar-refractivity contribution in [3.63, 3.8) is 0 Å². The van der Waals surface area contributed by atoms with Crippen LogP contribution in [0.15, 0.2) is 47.6 Å². The first-order valence-corrected chi connectivity index (χ1v) is 10.4. The van der Waals surface area contributed by atoms with E-state index in [1.807, 2.05) is 0 Å². The Hall–Kier alpha value is -2.26. The van der Waals surface area contributed by atoms with Crippen LogP contribution in [-0.2, 0) is 21.5 Å². The molecule has 0 aromatic heterocycles. The highest BCUT2D eigenvalue weighted by atomic mass is 35.5. The van der Waals surface area contributed by atoms with Crippen LogP contribution < -0.4 is 4.31 Å². The Morgan fingerprint density at radius 3 is 2.34 bits per heavy atom. The third-order valence-corrected chi connectivity index (χ3v) is 5.90. The summed E-state index contributed by atoms with van der Waals surface area (Å²) >= 11 is 5.82. The Balaban J connectivity index is 2.36. The lowest BCUT2D eigenvalue weighted by Gasteiger charge is -2.26. The van der Waals surface area contributed by atoms with Gasteiger partial charge in [-0.25, -0.2) is 0 Å². The number of hydrogen-bond donors (Lipinski definition) is 0. The van der Waals surface area contributed by atoms with Crippen molar-refractivity contribution >= 4 is 33.0 Å². The number of alkyl halides is 3. The van der Waals surface area contributed by atoms with Crippen molar-refractivity contribution in [2.24, 2.45) is 5.16 Å². The van der Waals surface area contributed by atoms with Crippen LogP contribution in [0.2, 0.25) is 5.02 Å². The highest BCUT2D eigenvalue weighted by Crippen LogP contribution is 2.33. The summed E-state index contributed by atoms with van der Waals surface area (Å²) in [4.78, 5) is 5.29. The molecule has 0 heterocycles. The lowest BCUT2D eigenvalue weighted by atomic mass is 10.1. The monoisotopic (exact) mass is 448 g/mol. The standard InChI is InChI=1S/C19H20ClF3N2O3S/c1-4-25(29(26,27)19(21,22)23)18-10-5-13(2)11-17(18)14(3)24-28-12-15-6-8-16(20)9-7-15/h5-11H,4,12H2,1-3H3/b24-14+. The molecule has 0 aliphatic rings. The second-order valence-electron chi connectivity index (χ2n) is 6.21. The molecule has 0 aliphatic carbocycles. The molecule has 0 saturated carbocycles. The summed E-state index contributed by atoms with van der Waals surface area (Å²) in [7, 11) is -5.55. The fraction of sp³-hybridized carbons (Fsp3) is 0.316. The summed E-state index contributed by atoms with van der Waals surface area (Å²) < 4.78 is 63.6. The van der Waals surface area contributed by atoms with Gasteiger partial charge >= 0.3 is 15.5 Å². The van der Waals surface area contributed by atoms with E-state index < -0.39 is 22.1 Å². The lowest BCUT2D eigenvalue weighted by molar-refractivity contribution is -0.0438. The second kappa shape index (κ2) is 9.04. The number of aryl methyl sites for hydroxylation is 1. The molecule has 0 fully saturated rings. The first-order chi connectivity index (χ1) is 13.5. The van der Waals surface area contributed by atoms with E-state index in [2.05, 4.69) is 5.16 Å². The van der Waals surface area contributed by atoms with Crippen LogP contribution in [0.3, 0.4) is 0 Å². The average molecular weight is 449 g/mol. The maximum Gasteiger partial charge on any atom is 0.516 e. The third-order valence-electron chi connectivity index (χ3n) is 4.03. The van der Waals surface area contributed by atoms with Crippen LogP contribution in [0.1, 0.15) is 30.5 Å². The van der Waals surface area contributed by atoms with E-state index in [1.165, 1.54) is 26.0 Å². The van der Waals surface area contributed by atoms with Crippen molar-refractivity contribution in [3.8, 4) is 0 Å². The predicted octanol–water partition coefficient (Wildman–Crippen LogP) is 5.27. The highest BCUT2D eigenvalue weighted by molar-refractivity contribution is 7.93. The van der Waals surface area contributed by atoms with Crippen LogP contribution in [0.25, 0.3) is 0 Å². The fourth-order valence-corrected chi connectivity index (χ4v) is 3.72. The SMILES string of the molecule is CCN(c1ccc(C)cc1/C(C)=N/OCc1ccc(Cl)cc1)S(=O)(=O)C(F)(F)F. The minimum Gasteiger partial charge on any atom is -0.391 e. The predicted molar refractivity (Wildman–Crippen MR) is 108 cm³/mol. The van der Waals surface area contributed by atoms with Gasteiger partial charge in [0.1, 0.15) is 6.61 Å². The zero-order valence-corrected chi connectivity index (χ0v) is 17.6. The number of oxime groups is 1. The van der Waals surface area contributed by atoms with E-state index in [0.29, 0.717) is 9.33 Å². The van der Waals surface area contributed by atoms with Crippen LogP contribution in [0, 0.1) is 6.92 Å². The number of sulfonamides is 1. The summed E-state index contributed by atoms with van der Waals surface area (Å²) in [5.74, 6) is 0. The topological polar surface area (TPSA) is 59.0 Å². The van der Waals surface area contributed by atoms with Gasteiger partial charge in [0.25, 0.3) is 0 Å². The third kappa shape index (κ3) is 5.42. The smallest absolute Gasteiger partial charge is 0.391 e. The van der Waals surface area contributed by atoms with Gasteiger partial charge in [-0.05, 0) is 50.6 Å². The number of nitrogens with zero attached hydrogens (tertiary/aromatic N) is 2. The minimum absolute atomic E-state index is 0.119. The van der Waals surface area contributed by atoms with E-state index in [0.717, 1.165) is 11.1 Å². The average Bonchev–Trinajstić information content (AvgIpc) is 2.64. The van der Waals surface area contributed by atoms with Crippen molar-refractivity contribution in [2.75, 3.05) is 10.8 Å². The Morgan fingerprint density at radius 2 is 1.79 bits per heavy atom. The van der Waals surface area contributed by atoms with Gasteiger partial charge in [-0.3, -0.25) is 4.31 Å². The van der Waals surface area contributed by atoms with Gasteiger partial charge in [-0.15, -0.1) is 0 Å². The van der Waals surface area contributed by atoms with Crippen molar-refractivity contribution in [3.05, 3.63) is 64.2 Å². The molecule has 0 atom stereocenters. The summed E-state index contributed by atoms with van der Waals surface area (Å²) in [5, 5.41) is 4.53. The van der Waals surface area contributed by atoms with Crippen molar-refractivity contribution in [1.82, 2.24) is 0 Å². The molecule has 0 amide bonds. The molecule has 10 heteroatoms. The molecule has 0 bridgehead atoms. The summed E-state index contributed by atoms with van der Waals surface area (Å²) in [5.41, 5.74) is -3.53. The Bertz CT molecular complexity index is 991. The molecule has 158 valence electrons. The molecule has 2 aromatic carbocycles. The van der Waals surface area contributed by atoms with Gasteiger partial charge in [0.05, 0.1) is 11.4 Å². The molecule has 0 aliphatic heterocycles. The Labute approximate surface area is 172 Å². The Morgan fingerprint density at radius 1 is 1.17 bits per heavy atom. The Kier molecular flexibility index (Phi) is 7.18. The van der Waals surface area contributed by atoms with Gasteiger partial charge in [0, 0.05) is 17.1 Å². The first kappa shape index (κ1) is 23.0. The highest BCUT2D eigenvalue weighted by Gasteiger charge is 2.50. The zero-order valence-electron chi connectivity index (χ0n) is 16.0. The first-order valence-electron chi connectivity index (χ1n) is 8.58. The summed E-state index contributed by atoms with van der Waals surface area (Å²) in [6, 6.07) is 11.3. The van der Waals surface area contributed by atoms with Crippen molar-refractivity contribution in [1.29, 1.82) is 0 Å². The molecule has 0 spiro atoms. The normalized spacial score (nSPS) is 12.7. The molecule has 29 heavy (non-hydrogen) atoms. The molecular weight excluding hydrogens is 429 g/mol. The lowest BCUT2D eigenvalue weighted by Crippen LogP contribution is -2.41. The number of rotatable bonds is 7. The van der Waals surface area contributed by atoms with E-state index in [9.17, 15) is 21.6 Å². The maximum atomic E-state index is 13.1. The number of anilines is 1. The van der Waals surface area contributed by atoms with E-state index in [4.69, 9.17) is 16.4 Å². The molecule has 5 nitrogen and oxygen atoms in total. The minimum atomic E-state index is -5.55. The van der Waals surface area contributed by atoms with Crippen molar-refractivity contribution in [2.45, 2.75) is 32.9 Å². The molecule has 0 radical (unpaired) electrons. The number of hydrogen-bond acceptors (Lipinski definition) is 4. The summed E-state index contributed by atoms with van der Waals surface area (Å²) in [6.45, 7) is 4.33. The van der Waals surface area contributed by atoms with E-state index in [-0.39, 0.29) is 23.6 Å². The van der Waals surface area contributed by atoms with E-state index >= 15 is 0 Å². The van der Waals surface area contributed by atoms with Gasteiger partial charge in [-0.1, -0.05) is 40.5 Å². The zero-order chi connectivity index (χ0) is 21.8. The van der Waals surface area contributed by atoms with Crippen molar-refractivity contribution < 1.29 is 26.4 Å². The van der Waals surface area contributed by atoms with Crippen LogP contribution in [0.5, 0.6) is 0 Å². The van der Waals surface area contributed by atoms with Gasteiger partial charge in [0.15, 0.2) is 0 Å². The summed E-state index contributed by atoms with van der Waals surface area (Å²) in [6.07, 6.45) is 0. The quantitative estimate of drug-likeness (QED) is 0.428. The van der Waals surface area contributed by atoms with Crippen LogP contribution >= 0.6 is 11.6 Å². The molecule has 2 aromatic rings. The molecule has 0 N–H and O–H groups in total. The number of halogens is 4. The largest absolute Gasteiger partial charge is 0.516 e.